The highest BCUT2D eigenvalue weighted by Crippen LogP contribution is 2.38. The number of methoxy groups -OCH3 is 2. The third kappa shape index (κ3) is 3.63. The maximum atomic E-state index is 11.6. The van der Waals surface area contributed by atoms with Gasteiger partial charge in [-0.05, 0) is 36.3 Å². The minimum absolute atomic E-state index is 0.126. The smallest absolute Gasteiger partial charge is 0.336 e. The minimum atomic E-state index is -1.04. The second-order valence-electron chi connectivity index (χ2n) is 5.00. The number of rotatable bonds is 5. The molecule has 2 rings (SSSR count). The summed E-state index contributed by atoms with van der Waals surface area (Å²) in [4.78, 5) is 11.6. The molecule has 0 aromatic heterocycles. The van der Waals surface area contributed by atoms with E-state index >= 15 is 0 Å². The number of aliphatic carboxylic acids is 1. The Balaban J connectivity index is 2.56. The fraction of sp³-hybridized carbons (Fsp3) is 0.167. The van der Waals surface area contributed by atoms with Crippen LogP contribution in [0.3, 0.4) is 0 Å². The van der Waals surface area contributed by atoms with Crippen molar-refractivity contribution in [2.45, 2.75) is 6.92 Å². The van der Waals surface area contributed by atoms with Crippen LogP contribution in [0.25, 0.3) is 11.6 Å². The maximum Gasteiger partial charge on any atom is 0.336 e. The molecular formula is C18H18O5. The zero-order chi connectivity index (χ0) is 17.0. The van der Waals surface area contributed by atoms with Gasteiger partial charge >= 0.3 is 5.97 Å². The number of phenolic OH excluding ortho intramolecular Hbond substituents is 1. The Hall–Kier alpha value is -2.95. The van der Waals surface area contributed by atoms with Gasteiger partial charge in [0.2, 0.25) is 5.75 Å². The van der Waals surface area contributed by atoms with Crippen LogP contribution >= 0.6 is 0 Å². The normalized spacial score (nSPS) is 11.2. The summed E-state index contributed by atoms with van der Waals surface area (Å²) in [6.07, 6.45) is 1.51. The summed E-state index contributed by atoms with van der Waals surface area (Å²) in [7, 11) is 2.83. The summed E-state index contributed by atoms with van der Waals surface area (Å²) in [5, 5.41) is 19.4. The number of carboxylic acids is 1. The molecular weight excluding hydrogens is 296 g/mol. The van der Waals surface area contributed by atoms with Gasteiger partial charge in [-0.3, -0.25) is 0 Å². The van der Waals surface area contributed by atoms with Crippen molar-refractivity contribution >= 4 is 17.6 Å². The summed E-state index contributed by atoms with van der Waals surface area (Å²) in [5.41, 5.74) is 2.33. The highest BCUT2D eigenvalue weighted by molar-refractivity contribution is 6.20. The fourth-order valence-electron chi connectivity index (χ4n) is 2.17. The lowest BCUT2D eigenvalue weighted by molar-refractivity contribution is -0.130. The van der Waals surface area contributed by atoms with E-state index in [0.29, 0.717) is 11.1 Å². The predicted octanol–water partition coefficient (Wildman–Crippen LogP) is 3.34. The van der Waals surface area contributed by atoms with E-state index < -0.39 is 5.97 Å². The monoisotopic (exact) mass is 314 g/mol. The number of aryl methyl sites for hydroxylation is 1. The van der Waals surface area contributed by atoms with Crippen molar-refractivity contribution in [1.29, 1.82) is 0 Å². The van der Waals surface area contributed by atoms with Crippen LogP contribution in [0, 0.1) is 6.92 Å². The first kappa shape index (κ1) is 16.4. The van der Waals surface area contributed by atoms with Crippen molar-refractivity contribution < 1.29 is 24.5 Å². The van der Waals surface area contributed by atoms with E-state index in [-0.39, 0.29) is 22.8 Å². The number of benzene rings is 2. The van der Waals surface area contributed by atoms with Crippen LogP contribution in [0.4, 0.5) is 0 Å². The molecule has 2 aromatic rings. The van der Waals surface area contributed by atoms with E-state index in [4.69, 9.17) is 9.47 Å². The third-order valence-electron chi connectivity index (χ3n) is 3.41. The molecule has 5 heteroatoms. The molecule has 0 aliphatic rings. The van der Waals surface area contributed by atoms with Gasteiger partial charge in [-0.15, -0.1) is 0 Å². The average molecular weight is 314 g/mol. The molecule has 0 radical (unpaired) electrons. The number of aromatic hydroxyl groups is 1. The Morgan fingerprint density at radius 2 is 1.57 bits per heavy atom. The Bertz CT molecular complexity index is 720. The van der Waals surface area contributed by atoms with Crippen LogP contribution in [0.15, 0.2) is 36.4 Å². The van der Waals surface area contributed by atoms with Gasteiger partial charge in [0.15, 0.2) is 11.5 Å². The number of hydrogen-bond acceptors (Lipinski definition) is 4. The Morgan fingerprint density at radius 3 is 2.00 bits per heavy atom. The average Bonchev–Trinajstić information content (AvgIpc) is 2.54. The summed E-state index contributed by atoms with van der Waals surface area (Å²) in [5.74, 6) is -0.743. The van der Waals surface area contributed by atoms with Crippen molar-refractivity contribution in [1.82, 2.24) is 0 Å². The first-order valence-electron chi connectivity index (χ1n) is 6.93. The molecule has 120 valence electrons. The van der Waals surface area contributed by atoms with Gasteiger partial charge in [0, 0.05) is 0 Å². The van der Waals surface area contributed by atoms with Crippen molar-refractivity contribution in [2.75, 3.05) is 14.2 Å². The van der Waals surface area contributed by atoms with Crippen LogP contribution in [0.2, 0.25) is 0 Å². The second-order valence-corrected chi connectivity index (χ2v) is 5.00. The van der Waals surface area contributed by atoms with Gasteiger partial charge < -0.3 is 19.7 Å². The molecule has 0 heterocycles. The first-order chi connectivity index (χ1) is 11.0. The molecule has 0 unspecified atom stereocenters. The number of ether oxygens (including phenoxy) is 2. The lowest BCUT2D eigenvalue weighted by Gasteiger charge is -2.10. The fourth-order valence-corrected chi connectivity index (χ4v) is 2.17. The number of hydrogen-bond donors (Lipinski definition) is 2. The van der Waals surface area contributed by atoms with E-state index in [1.54, 1.807) is 24.3 Å². The highest BCUT2D eigenvalue weighted by atomic mass is 16.5. The predicted molar refractivity (Wildman–Crippen MR) is 87.9 cm³/mol. The summed E-state index contributed by atoms with van der Waals surface area (Å²) >= 11 is 0. The zero-order valence-corrected chi connectivity index (χ0v) is 13.2. The largest absolute Gasteiger partial charge is 0.502 e. The molecule has 0 bridgehead atoms. The van der Waals surface area contributed by atoms with Crippen LogP contribution in [-0.2, 0) is 4.79 Å². The Kier molecular flexibility index (Phi) is 4.91. The van der Waals surface area contributed by atoms with Crippen molar-refractivity contribution in [3.8, 4) is 17.2 Å². The Morgan fingerprint density at radius 1 is 1.04 bits per heavy atom. The summed E-state index contributed by atoms with van der Waals surface area (Å²) in [6, 6.07) is 10.3. The van der Waals surface area contributed by atoms with Crippen molar-refractivity contribution in [2.24, 2.45) is 0 Å². The van der Waals surface area contributed by atoms with Gasteiger partial charge in [0.1, 0.15) is 0 Å². The first-order valence-corrected chi connectivity index (χ1v) is 6.93. The van der Waals surface area contributed by atoms with E-state index in [1.807, 2.05) is 19.1 Å². The van der Waals surface area contributed by atoms with Gasteiger partial charge in [-0.1, -0.05) is 29.8 Å². The highest BCUT2D eigenvalue weighted by Gasteiger charge is 2.14. The molecule has 0 amide bonds. The van der Waals surface area contributed by atoms with Gasteiger partial charge in [0.25, 0.3) is 0 Å². The Labute approximate surface area is 134 Å². The van der Waals surface area contributed by atoms with Crippen molar-refractivity contribution in [3.05, 3.63) is 53.1 Å². The molecule has 5 nitrogen and oxygen atoms in total. The molecule has 0 saturated carbocycles. The third-order valence-corrected chi connectivity index (χ3v) is 3.41. The maximum absolute atomic E-state index is 11.6. The number of carbonyl (C=O) groups is 1. The van der Waals surface area contributed by atoms with Crippen LogP contribution in [-0.4, -0.2) is 30.4 Å². The van der Waals surface area contributed by atoms with E-state index in [1.165, 1.54) is 20.3 Å². The van der Waals surface area contributed by atoms with Gasteiger partial charge in [0.05, 0.1) is 19.8 Å². The second kappa shape index (κ2) is 6.87. The molecule has 2 aromatic carbocycles. The zero-order valence-electron chi connectivity index (χ0n) is 13.2. The summed E-state index contributed by atoms with van der Waals surface area (Å²) < 4.78 is 10.2. The van der Waals surface area contributed by atoms with E-state index in [2.05, 4.69) is 0 Å². The number of carboxylic acid groups (broad SMARTS) is 1. The van der Waals surface area contributed by atoms with Crippen molar-refractivity contribution in [3.63, 3.8) is 0 Å². The van der Waals surface area contributed by atoms with E-state index in [0.717, 1.165) is 5.56 Å². The molecule has 0 spiro atoms. The van der Waals surface area contributed by atoms with Crippen LogP contribution < -0.4 is 9.47 Å². The SMILES string of the molecule is COc1cc(/C=C(\C(=O)O)c2ccc(C)cc2)cc(OC)c1O. The quantitative estimate of drug-likeness (QED) is 0.654. The topological polar surface area (TPSA) is 76.0 Å². The lowest BCUT2D eigenvalue weighted by Crippen LogP contribution is -2.00. The van der Waals surface area contributed by atoms with Gasteiger partial charge in [-0.25, -0.2) is 4.79 Å². The molecule has 23 heavy (non-hydrogen) atoms. The van der Waals surface area contributed by atoms with Crippen LogP contribution in [0.1, 0.15) is 16.7 Å². The molecule has 0 atom stereocenters. The molecule has 0 fully saturated rings. The van der Waals surface area contributed by atoms with E-state index in [9.17, 15) is 15.0 Å². The molecule has 0 saturated heterocycles. The van der Waals surface area contributed by atoms with Gasteiger partial charge in [-0.2, -0.15) is 0 Å². The minimum Gasteiger partial charge on any atom is -0.502 e. The lowest BCUT2D eigenvalue weighted by atomic mass is 10.0. The summed E-state index contributed by atoms with van der Waals surface area (Å²) in [6.45, 7) is 1.93. The molecule has 0 aliphatic heterocycles. The van der Waals surface area contributed by atoms with Crippen LogP contribution in [0.5, 0.6) is 17.2 Å². The molecule has 2 N–H and O–H groups in total. The standard InChI is InChI=1S/C18H18O5/c1-11-4-6-13(7-5-11)14(18(20)21)8-12-9-15(22-2)17(19)16(10-12)23-3/h4-10,19H,1-3H3,(H,20,21)/b14-8-. The number of phenols is 1. The molecule has 0 aliphatic carbocycles.